The summed E-state index contributed by atoms with van der Waals surface area (Å²) in [6, 6.07) is 7.78. The van der Waals surface area contributed by atoms with Crippen molar-refractivity contribution in [2.24, 2.45) is 11.8 Å². The summed E-state index contributed by atoms with van der Waals surface area (Å²) in [5.74, 6) is 1.53. The maximum atomic E-state index is 12.2. The molecule has 0 spiro atoms. The van der Waals surface area contributed by atoms with Gasteiger partial charge >= 0.3 is 0 Å². The first kappa shape index (κ1) is 18.1. The number of carbonyl (C=O) groups is 1. The molecule has 1 aromatic carbocycles. The van der Waals surface area contributed by atoms with E-state index in [1.54, 1.807) is 0 Å². The molecule has 23 heavy (non-hydrogen) atoms. The summed E-state index contributed by atoms with van der Waals surface area (Å²) in [4.78, 5) is 12.2. The highest BCUT2D eigenvalue weighted by atomic mass is 35.5. The summed E-state index contributed by atoms with van der Waals surface area (Å²) in [5.41, 5.74) is 0.847. The van der Waals surface area contributed by atoms with E-state index < -0.39 is 0 Å². The van der Waals surface area contributed by atoms with Crippen LogP contribution in [0.1, 0.15) is 39.0 Å². The fourth-order valence-electron chi connectivity index (χ4n) is 3.13. The van der Waals surface area contributed by atoms with E-state index in [0.29, 0.717) is 12.0 Å². The molecule has 1 unspecified atom stereocenters. The minimum atomic E-state index is 0. The number of halogens is 1. The molecule has 2 fully saturated rings. The molecule has 0 bridgehead atoms. The van der Waals surface area contributed by atoms with Crippen LogP contribution in [0.5, 0.6) is 5.75 Å². The summed E-state index contributed by atoms with van der Waals surface area (Å²) in [7, 11) is 0. The van der Waals surface area contributed by atoms with E-state index >= 15 is 0 Å². The summed E-state index contributed by atoms with van der Waals surface area (Å²) < 4.78 is 6.01. The second kappa shape index (κ2) is 8.55. The number of hydrogen-bond acceptors (Lipinski definition) is 3. The van der Waals surface area contributed by atoms with Crippen LogP contribution in [0.2, 0.25) is 0 Å². The van der Waals surface area contributed by atoms with Gasteiger partial charge in [-0.05, 0) is 69.0 Å². The average Bonchev–Trinajstić information content (AvgIpc) is 2.48. The molecule has 1 saturated heterocycles. The van der Waals surface area contributed by atoms with Gasteiger partial charge in [-0.15, -0.1) is 12.4 Å². The van der Waals surface area contributed by atoms with Crippen LogP contribution in [-0.4, -0.2) is 25.1 Å². The fourth-order valence-corrected chi connectivity index (χ4v) is 3.13. The van der Waals surface area contributed by atoms with Crippen molar-refractivity contribution in [1.29, 1.82) is 0 Å². The lowest BCUT2D eigenvalue weighted by molar-refractivity contribution is -0.121. The maximum Gasteiger partial charge on any atom is 0.227 e. The lowest BCUT2D eigenvalue weighted by atomic mass is 9.88. The largest absolute Gasteiger partial charge is 0.490 e. The normalized spacial score (nSPS) is 20.0. The zero-order valence-electron chi connectivity index (χ0n) is 13.7. The Kier molecular flexibility index (Phi) is 6.72. The Hall–Kier alpha value is -1.26. The molecule has 0 radical (unpaired) electrons. The smallest absolute Gasteiger partial charge is 0.227 e. The quantitative estimate of drug-likeness (QED) is 0.862. The number of nitrogens with one attached hydrogen (secondary N) is 2. The number of amides is 1. The molecule has 1 amide bonds. The second-order valence-corrected chi connectivity index (χ2v) is 6.60. The van der Waals surface area contributed by atoms with Crippen molar-refractivity contribution in [3.8, 4) is 5.75 Å². The number of carbonyl (C=O) groups excluding carboxylic acids is 1. The van der Waals surface area contributed by atoms with Crippen LogP contribution in [0.15, 0.2) is 24.3 Å². The van der Waals surface area contributed by atoms with Crippen LogP contribution in [0.25, 0.3) is 0 Å². The molecule has 2 N–H and O–H groups in total. The Morgan fingerprint density at radius 3 is 2.39 bits per heavy atom. The Labute approximate surface area is 144 Å². The van der Waals surface area contributed by atoms with Gasteiger partial charge in [0.05, 0.1) is 6.10 Å². The Morgan fingerprint density at radius 1 is 1.17 bits per heavy atom. The molecule has 0 aromatic heterocycles. The molecule has 1 aliphatic heterocycles. The molecular formula is C18H27ClN2O2. The first-order valence-corrected chi connectivity index (χ1v) is 8.50. The van der Waals surface area contributed by atoms with Crippen molar-refractivity contribution in [2.45, 2.75) is 45.1 Å². The minimum absolute atomic E-state index is 0. The molecule has 2 aliphatic rings. The van der Waals surface area contributed by atoms with Crippen molar-refractivity contribution < 1.29 is 9.53 Å². The highest BCUT2D eigenvalue weighted by molar-refractivity contribution is 5.92. The van der Waals surface area contributed by atoms with Crippen molar-refractivity contribution in [2.75, 3.05) is 18.4 Å². The standard InChI is InChI=1S/C18H26N2O2.ClH/c1-13(14-11-19-12-14)18(21)20-15-7-9-17(10-8-15)22-16-5-3-2-4-6-16;/h7-10,13-14,16,19H,2-6,11-12H2,1H3,(H,20,21);1H. The summed E-state index contributed by atoms with van der Waals surface area (Å²) in [6.45, 7) is 3.90. The predicted octanol–water partition coefficient (Wildman–Crippen LogP) is 3.61. The monoisotopic (exact) mass is 338 g/mol. The maximum absolute atomic E-state index is 12.2. The molecule has 1 saturated carbocycles. The molecule has 5 heteroatoms. The summed E-state index contributed by atoms with van der Waals surface area (Å²) >= 11 is 0. The lowest BCUT2D eigenvalue weighted by Gasteiger charge is -2.31. The van der Waals surface area contributed by atoms with E-state index in [1.807, 2.05) is 31.2 Å². The van der Waals surface area contributed by atoms with Gasteiger partial charge in [0.1, 0.15) is 5.75 Å². The number of rotatable bonds is 5. The molecule has 1 aromatic rings. The average molecular weight is 339 g/mol. The third-order valence-electron chi connectivity index (χ3n) is 4.91. The zero-order chi connectivity index (χ0) is 15.4. The van der Waals surface area contributed by atoms with Gasteiger partial charge in [-0.2, -0.15) is 0 Å². The van der Waals surface area contributed by atoms with Crippen LogP contribution in [0.3, 0.4) is 0 Å². The first-order chi connectivity index (χ1) is 10.7. The van der Waals surface area contributed by atoms with Gasteiger partial charge in [-0.1, -0.05) is 13.3 Å². The molecule has 1 heterocycles. The topological polar surface area (TPSA) is 50.4 Å². The SMILES string of the molecule is CC(C(=O)Nc1ccc(OC2CCCCC2)cc1)C1CNC1.Cl. The van der Waals surface area contributed by atoms with Crippen molar-refractivity contribution in [3.63, 3.8) is 0 Å². The van der Waals surface area contributed by atoms with Crippen molar-refractivity contribution in [3.05, 3.63) is 24.3 Å². The fraction of sp³-hybridized carbons (Fsp3) is 0.611. The van der Waals surface area contributed by atoms with Gasteiger partial charge in [0, 0.05) is 11.6 Å². The lowest BCUT2D eigenvalue weighted by Crippen LogP contribution is -2.48. The highest BCUT2D eigenvalue weighted by Crippen LogP contribution is 2.25. The predicted molar refractivity (Wildman–Crippen MR) is 95.3 cm³/mol. The van der Waals surface area contributed by atoms with E-state index in [0.717, 1.165) is 37.4 Å². The van der Waals surface area contributed by atoms with Gasteiger partial charge in [-0.25, -0.2) is 0 Å². The van der Waals surface area contributed by atoms with Crippen LogP contribution < -0.4 is 15.4 Å². The van der Waals surface area contributed by atoms with E-state index in [2.05, 4.69) is 10.6 Å². The first-order valence-electron chi connectivity index (χ1n) is 8.50. The summed E-state index contributed by atoms with van der Waals surface area (Å²) in [6.07, 6.45) is 6.55. The zero-order valence-corrected chi connectivity index (χ0v) is 14.5. The molecule has 4 nitrogen and oxygen atoms in total. The molecule has 128 valence electrons. The molecule has 1 aliphatic carbocycles. The van der Waals surface area contributed by atoms with Crippen molar-refractivity contribution >= 4 is 24.0 Å². The van der Waals surface area contributed by atoms with Crippen LogP contribution in [-0.2, 0) is 4.79 Å². The minimum Gasteiger partial charge on any atom is -0.490 e. The third kappa shape index (κ3) is 4.85. The van der Waals surface area contributed by atoms with E-state index in [1.165, 1.54) is 19.3 Å². The number of anilines is 1. The van der Waals surface area contributed by atoms with Gasteiger partial charge in [0.15, 0.2) is 0 Å². The molecular weight excluding hydrogens is 312 g/mol. The van der Waals surface area contributed by atoms with Gasteiger partial charge in [-0.3, -0.25) is 4.79 Å². The van der Waals surface area contributed by atoms with Crippen LogP contribution in [0.4, 0.5) is 5.69 Å². The van der Waals surface area contributed by atoms with Gasteiger partial charge in [0.25, 0.3) is 0 Å². The number of benzene rings is 1. The van der Waals surface area contributed by atoms with Crippen LogP contribution in [0, 0.1) is 11.8 Å². The van der Waals surface area contributed by atoms with Crippen LogP contribution >= 0.6 is 12.4 Å². The van der Waals surface area contributed by atoms with Gasteiger partial charge in [0.2, 0.25) is 5.91 Å². The Morgan fingerprint density at radius 2 is 1.83 bits per heavy atom. The Bertz CT molecular complexity index is 496. The second-order valence-electron chi connectivity index (χ2n) is 6.60. The number of ether oxygens (including phenoxy) is 1. The highest BCUT2D eigenvalue weighted by Gasteiger charge is 2.28. The molecule has 3 rings (SSSR count). The Balaban J connectivity index is 0.00000192. The van der Waals surface area contributed by atoms with Crippen molar-refractivity contribution in [1.82, 2.24) is 5.32 Å². The summed E-state index contributed by atoms with van der Waals surface area (Å²) in [5, 5.41) is 6.21. The third-order valence-corrected chi connectivity index (χ3v) is 4.91. The van der Waals surface area contributed by atoms with E-state index in [-0.39, 0.29) is 24.2 Å². The van der Waals surface area contributed by atoms with E-state index in [9.17, 15) is 4.79 Å². The van der Waals surface area contributed by atoms with Gasteiger partial charge < -0.3 is 15.4 Å². The molecule has 1 atom stereocenters. The van der Waals surface area contributed by atoms with E-state index in [4.69, 9.17) is 4.74 Å². The number of hydrogen-bond donors (Lipinski definition) is 2.